The van der Waals surface area contributed by atoms with Crippen molar-refractivity contribution in [1.29, 1.82) is 0 Å². The molecule has 1 N–H and O–H groups in total. The Bertz CT molecular complexity index is 514. The van der Waals surface area contributed by atoms with Crippen LogP contribution in [0.25, 0.3) is 0 Å². The smallest absolute Gasteiger partial charge is 0.410 e. The minimum Gasteiger partial charge on any atom is -0.410 e. The number of rotatable bonds is 4. The van der Waals surface area contributed by atoms with E-state index in [9.17, 15) is 4.79 Å². The van der Waals surface area contributed by atoms with E-state index in [2.05, 4.69) is 10.3 Å². The molecule has 2 aromatic rings. The first-order chi connectivity index (χ1) is 9.29. The van der Waals surface area contributed by atoms with Crippen molar-refractivity contribution in [3.8, 4) is 5.75 Å². The molecule has 0 spiro atoms. The summed E-state index contributed by atoms with van der Waals surface area (Å²) in [6.07, 6.45) is 3.77. The Morgan fingerprint density at radius 1 is 1.26 bits per heavy atom. The van der Waals surface area contributed by atoms with Gasteiger partial charge in [-0.25, -0.2) is 4.79 Å². The molecule has 0 aliphatic heterocycles. The van der Waals surface area contributed by atoms with Crippen LogP contribution in [0.1, 0.15) is 24.9 Å². The zero-order valence-electron chi connectivity index (χ0n) is 10.7. The number of carbonyl (C=O) groups is 1. The third kappa shape index (κ3) is 3.81. The summed E-state index contributed by atoms with van der Waals surface area (Å²) in [6.45, 7) is 2.00. The topological polar surface area (TPSA) is 51.2 Å². The van der Waals surface area contributed by atoms with Crippen LogP contribution in [0, 0.1) is 0 Å². The summed E-state index contributed by atoms with van der Waals surface area (Å²) in [5.74, 6) is 0.529. The summed E-state index contributed by atoms with van der Waals surface area (Å²) in [5.41, 5.74) is 0.968. The average Bonchev–Trinajstić information content (AvgIpc) is 2.47. The molecule has 1 aromatic carbocycles. The maximum Gasteiger partial charge on any atom is 0.413 e. The van der Waals surface area contributed by atoms with E-state index in [-0.39, 0.29) is 6.04 Å². The summed E-state index contributed by atoms with van der Waals surface area (Å²) < 4.78 is 5.20. The van der Waals surface area contributed by atoms with E-state index in [4.69, 9.17) is 4.74 Å². The fourth-order valence-electron chi connectivity index (χ4n) is 1.77. The van der Waals surface area contributed by atoms with Crippen molar-refractivity contribution < 1.29 is 9.53 Å². The fraction of sp³-hybridized carbons (Fsp3) is 0.200. The van der Waals surface area contributed by atoms with Crippen LogP contribution in [0.5, 0.6) is 5.75 Å². The van der Waals surface area contributed by atoms with Crippen molar-refractivity contribution in [3.05, 3.63) is 60.4 Å². The van der Waals surface area contributed by atoms with E-state index in [1.165, 1.54) is 0 Å². The lowest BCUT2D eigenvalue weighted by Gasteiger charge is -2.16. The summed E-state index contributed by atoms with van der Waals surface area (Å²) in [5, 5.41) is 2.83. The highest BCUT2D eigenvalue weighted by Gasteiger charge is 2.13. The number of para-hydroxylation sites is 1. The number of hydrogen-bond acceptors (Lipinski definition) is 3. The molecule has 98 valence electrons. The third-order valence-electron chi connectivity index (χ3n) is 2.74. The second-order valence-electron chi connectivity index (χ2n) is 4.09. The molecule has 2 rings (SSSR count). The number of benzene rings is 1. The standard InChI is InChI=1S/C15H16N2O2/c1-2-14(12-7-6-10-16-11-12)17-15(18)19-13-8-4-3-5-9-13/h3-11,14H,2H2,1H3,(H,17,18)/t14-/m1/s1. The van der Waals surface area contributed by atoms with E-state index in [0.29, 0.717) is 5.75 Å². The van der Waals surface area contributed by atoms with Crippen LogP contribution < -0.4 is 10.1 Å². The van der Waals surface area contributed by atoms with E-state index < -0.39 is 6.09 Å². The van der Waals surface area contributed by atoms with Crippen LogP contribution >= 0.6 is 0 Å². The molecule has 0 radical (unpaired) electrons. The van der Waals surface area contributed by atoms with E-state index >= 15 is 0 Å². The lowest BCUT2D eigenvalue weighted by molar-refractivity contribution is 0.195. The van der Waals surface area contributed by atoms with E-state index in [1.807, 2.05) is 37.3 Å². The third-order valence-corrected chi connectivity index (χ3v) is 2.74. The Labute approximate surface area is 112 Å². The zero-order valence-corrected chi connectivity index (χ0v) is 10.7. The van der Waals surface area contributed by atoms with Gasteiger partial charge in [0.1, 0.15) is 5.75 Å². The van der Waals surface area contributed by atoms with Gasteiger partial charge < -0.3 is 10.1 Å². The molecule has 0 fully saturated rings. The van der Waals surface area contributed by atoms with Crippen molar-refractivity contribution in [3.63, 3.8) is 0 Å². The van der Waals surface area contributed by atoms with Crippen molar-refractivity contribution in [2.24, 2.45) is 0 Å². The molecule has 0 unspecified atom stereocenters. The second kappa shape index (κ2) is 6.54. The van der Waals surface area contributed by atoms with Crippen LogP contribution in [-0.4, -0.2) is 11.1 Å². The highest BCUT2D eigenvalue weighted by molar-refractivity contribution is 5.70. The molecular weight excluding hydrogens is 240 g/mol. The van der Waals surface area contributed by atoms with Crippen molar-refractivity contribution >= 4 is 6.09 Å². The normalized spacial score (nSPS) is 11.6. The van der Waals surface area contributed by atoms with Gasteiger partial charge in [-0.3, -0.25) is 4.98 Å². The number of hydrogen-bond donors (Lipinski definition) is 1. The molecule has 0 saturated heterocycles. The van der Waals surface area contributed by atoms with Gasteiger partial charge in [0.15, 0.2) is 0 Å². The van der Waals surface area contributed by atoms with Gasteiger partial charge in [-0.05, 0) is 30.2 Å². The maximum absolute atomic E-state index is 11.8. The molecular formula is C15H16N2O2. The Morgan fingerprint density at radius 3 is 2.68 bits per heavy atom. The number of amides is 1. The maximum atomic E-state index is 11.8. The summed E-state index contributed by atoms with van der Waals surface area (Å²) in [4.78, 5) is 15.9. The predicted octanol–water partition coefficient (Wildman–Crippen LogP) is 3.32. The van der Waals surface area contributed by atoms with Crippen molar-refractivity contribution in [2.75, 3.05) is 0 Å². The summed E-state index contributed by atoms with van der Waals surface area (Å²) in [7, 11) is 0. The monoisotopic (exact) mass is 256 g/mol. The first kappa shape index (κ1) is 13.1. The van der Waals surface area contributed by atoms with Crippen molar-refractivity contribution in [1.82, 2.24) is 10.3 Å². The fourth-order valence-corrected chi connectivity index (χ4v) is 1.77. The summed E-state index contributed by atoms with van der Waals surface area (Å²) >= 11 is 0. The molecule has 19 heavy (non-hydrogen) atoms. The SMILES string of the molecule is CC[C@@H](NC(=O)Oc1ccccc1)c1cccnc1. The van der Waals surface area contributed by atoms with Crippen molar-refractivity contribution in [2.45, 2.75) is 19.4 Å². The summed E-state index contributed by atoms with van der Waals surface area (Å²) in [6, 6.07) is 12.7. The van der Waals surface area contributed by atoms with Gasteiger partial charge in [0, 0.05) is 12.4 Å². The molecule has 1 aromatic heterocycles. The zero-order chi connectivity index (χ0) is 13.5. The Balaban J connectivity index is 1.97. The van der Waals surface area contributed by atoms with E-state index in [1.54, 1.807) is 24.5 Å². The predicted molar refractivity (Wildman–Crippen MR) is 72.9 cm³/mol. The lowest BCUT2D eigenvalue weighted by Crippen LogP contribution is -2.30. The van der Waals surface area contributed by atoms with Gasteiger partial charge in [-0.15, -0.1) is 0 Å². The highest BCUT2D eigenvalue weighted by atomic mass is 16.6. The minimum atomic E-state index is -0.457. The lowest BCUT2D eigenvalue weighted by atomic mass is 10.1. The second-order valence-corrected chi connectivity index (χ2v) is 4.09. The minimum absolute atomic E-state index is 0.0927. The van der Waals surface area contributed by atoms with E-state index in [0.717, 1.165) is 12.0 Å². The Hall–Kier alpha value is -2.36. The molecule has 0 bridgehead atoms. The molecule has 4 nitrogen and oxygen atoms in total. The number of nitrogens with zero attached hydrogens (tertiary/aromatic N) is 1. The number of ether oxygens (including phenoxy) is 1. The van der Waals surface area contributed by atoms with Gasteiger partial charge in [0.2, 0.25) is 0 Å². The molecule has 0 aliphatic rings. The molecule has 0 aliphatic carbocycles. The first-order valence-corrected chi connectivity index (χ1v) is 6.23. The van der Waals surface area contributed by atoms with Gasteiger partial charge in [-0.1, -0.05) is 31.2 Å². The average molecular weight is 256 g/mol. The number of pyridine rings is 1. The quantitative estimate of drug-likeness (QED) is 0.913. The van der Waals surface area contributed by atoms with Crippen LogP contribution in [0.15, 0.2) is 54.9 Å². The van der Waals surface area contributed by atoms with Gasteiger partial charge in [0.05, 0.1) is 6.04 Å². The number of aromatic nitrogens is 1. The molecule has 1 heterocycles. The van der Waals surface area contributed by atoms with Crippen LogP contribution in [0.3, 0.4) is 0 Å². The van der Waals surface area contributed by atoms with Gasteiger partial charge in [0.25, 0.3) is 0 Å². The molecule has 1 amide bonds. The molecule has 0 saturated carbocycles. The molecule has 1 atom stereocenters. The Morgan fingerprint density at radius 2 is 2.05 bits per heavy atom. The highest BCUT2D eigenvalue weighted by Crippen LogP contribution is 2.16. The Kier molecular flexibility index (Phi) is 4.50. The number of carbonyl (C=O) groups excluding carboxylic acids is 1. The van der Waals surface area contributed by atoms with Gasteiger partial charge >= 0.3 is 6.09 Å². The van der Waals surface area contributed by atoms with Crippen LogP contribution in [0.4, 0.5) is 4.79 Å². The largest absolute Gasteiger partial charge is 0.413 e. The van der Waals surface area contributed by atoms with Crippen LogP contribution in [0.2, 0.25) is 0 Å². The molecule has 4 heteroatoms. The van der Waals surface area contributed by atoms with Gasteiger partial charge in [-0.2, -0.15) is 0 Å². The first-order valence-electron chi connectivity index (χ1n) is 6.23. The number of nitrogens with one attached hydrogen (secondary N) is 1. The van der Waals surface area contributed by atoms with Crippen LogP contribution in [-0.2, 0) is 0 Å².